The Labute approximate surface area is 85.8 Å². The van der Waals surface area contributed by atoms with Crippen LogP contribution in [0.2, 0.25) is 0 Å². The van der Waals surface area contributed by atoms with Crippen LogP contribution in [0.15, 0.2) is 0 Å². The van der Waals surface area contributed by atoms with Gasteiger partial charge in [0.25, 0.3) is 0 Å². The summed E-state index contributed by atoms with van der Waals surface area (Å²) in [5.41, 5.74) is 5.50. The maximum Gasteiger partial charge on any atom is 0.242 e. The molecule has 0 aliphatic heterocycles. The molecule has 1 aliphatic rings. The van der Waals surface area contributed by atoms with E-state index in [9.17, 15) is 4.79 Å². The van der Waals surface area contributed by atoms with Crippen LogP contribution >= 0.6 is 0 Å². The first kappa shape index (κ1) is 11.5. The van der Waals surface area contributed by atoms with Crippen molar-refractivity contribution in [3.63, 3.8) is 0 Å². The third kappa shape index (κ3) is 2.45. The Kier molecular flexibility index (Phi) is 3.89. The smallest absolute Gasteiger partial charge is 0.242 e. The van der Waals surface area contributed by atoms with Gasteiger partial charge in [0.05, 0.1) is 5.54 Å². The Morgan fingerprint density at radius 2 is 2.07 bits per heavy atom. The minimum Gasteiger partial charge on any atom is -0.343 e. The zero-order chi connectivity index (χ0) is 10.6. The number of hydrogen-bond donors (Lipinski definition) is 2. The van der Waals surface area contributed by atoms with Gasteiger partial charge in [-0.15, -0.1) is 0 Å². The van der Waals surface area contributed by atoms with E-state index in [0.717, 1.165) is 38.8 Å². The molecular formula is C10H21N3O. The SMILES string of the molecule is CNCCN(C)C(=O)C1(N)CCCC1. The van der Waals surface area contributed by atoms with E-state index >= 15 is 0 Å². The van der Waals surface area contributed by atoms with Crippen LogP contribution in [0.25, 0.3) is 0 Å². The molecule has 82 valence electrons. The van der Waals surface area contributed by atoms with E-state index in [-0.39, 0.29) is 5.91 Å². The molecule has 1 rings (SSSR count). The summed E-state index contributed by atoms with van der Waals surface area (Å²) >= 11 is 0. The number of nitrogens with zero attached hydrogens (tertiary/aromatic N) is 1. The number of carbonyl (C=O) groups excluding carboxylic acids is 1. The monoisotopic (exact) mass is 199 g/mol. The van der Waals surface area contributed by atoms with Gasteiger partial charge in [-0.3, -0.25) is 4.79 Å². The molecule has 0 aromatic rings. The lowest BCUT2D eigenvalue weighted by Gasteiger charge is -2.28. The number of rotatable bonds is 4. The van der Waals surface area contributed by atoms with Gasteiger partial charge >= 0.3 is 0 Å². The molecule has 0 bridgehead atoms. The summed E-state index contributed by atoms with van der Waals surface area (Å²) in [7, 11) is 3.71. The minimum atomic E-state index is -0.567. The average Bonchev–Trinajstić information content (AvgIpc) is 2.61. The van der Waals surface area contributed by atoms with E-state index in [1.165, 1.54) is 0 Å². The first-order chi connectivity index (χ1) is 6.60. The summed E-state index contributed by atoms with van der Waals surface area (Å²) in [4.78, 5) is 13.7. The molecule has 0 spiro atoms. The number of hydrogen-bond acceptors (Lipinski definition) is 3. The third-order valence-electron chi connectivity index (χ3n) is 2.97. The van der Waals surface area contributed by atoms with Crippen LogP contribution < -0.4 is 11.1 Å². The van der Waals surface area contributed by atoms with E-state index in [4.69, 9.17) is 5.73 Å². The molecule has 1 saturated carbocycles. The standard InChI is InChI=1S/C10H21N3O/c1-12-7-8-13(2)9(14)10(11)5-3-4-6-10/h12H,3-8,11H2,1-2H3. The fraction of sp³-hybridized carbons (Fsp3) is 0.900. The second-order valence-corrected chi connectivity index (χ2v) is 4.19. The predicted molar refractivity (Wildman–Crippen MR) is 57.0 cm³/mol. The van der Waals surface area contributed by atoms with Crippen molar-refractivity contribution in [2.45, 2.75) is 31.2 Å². The largest absolute Gasteiger partial charge is 0.343 e. The van der Waals surface area contributed by atoms with Crippen molar-refractivity contribution in [2.75, 3.05) is 27.2 Å². The number of nitrogens with two attached hydrogens (primary N) is 1. The van der Waals surface area contributed by atoms with Crippen molar-refractivity contribution in [3.8, 4) is 0 Å². The summed E-state index contributed by atoms with van der Waals surface area (Å²) < 4.78 is 0. The van der Waals surface area contributed by atoms with E-state index in [2.05, 4.69) is 5.32 Å². The number of carbonyl (C=O) groups is 1. The van der Waals surface area contributed by atoms with Crippen molar-refractivity contribution >= 4 is 5.91 Å². The van der Waals surface area contributed by atoms with Crippen LogP contribution in [0.5, 0.6) is 0 Å². The predicted octanol–water partition coefficient (Wildman–Crippen LogP) is -0.0643. The topological polar surface area (TPSA) is 58.4 Å². The molecular weight excluding hydrogens is 178 g/mol. The fourth-order valence-electron chi connectivity index (χ4n) is 1.98. The average molecular weight is 199 g/mol. The first-order valence-electron chi connectivity index (χ1n) is 5.29. The third-order valence-corrected chi connectivity index (χ3v) is 2.97. The molecule has 0 heterocycles. The molecule has 0 atom stereocenters. The van der Waals surface area contributed by atoms with E-state index < -0.39 is 5.54 Å². The number of likely N-dealkylation sites (N-methyl/N-ethyl adjacent to an activating group) is 2. The van der Waals surface area contributed by atoms with E-state index in [0.29, 0.717) is 0 Å². The molecule has 0 radical (unpaired) electrons. The maximum atomic E-state index is 11.9. The van der Waals surface area contributed by atoms with Crippen molar-refractivity contribution < 1.29 is 4.79 Å². The van der Waals surface area contributed by atoms with Gasteiger partial charge in [0.15, 0.2) is 0 Å². The first-order valence-corrected chi connectivity index (χ1v) is 5.29. The highest BCUT2D eigenvalue weighted by molar-refractivity contribution is 5.86. The Morgan fingerprint density at radius 3 is 2.57 bits per heavy atom. The van der Waals surface area contributed by atoms with Crippen LogP contribution in [0.3, 0.4) is 0 Å². The Hall–Kier alpha value is -0.610. The van der Waals surface area contributed by atoms with Gasteiger partial charge in [-0.1, -0.05) is 12.8 Å². The zero-order valence-corrected chi connectivity index (χ0v) is 9.18. The van der Waals surface area contributed by atoms with Crippen molar-refractivity contribution in [3.05, 3.63) is 0 Å². The number of nitrogens with one attached hydrogen (secondary N) is 1. The summed E-state index contributed by atoms with van der Waals surface area (Å²) in [5.74, 6) is 0.102. The quantitative estimate of drug-likeness (QED) is 0.666. The Balaban J connectivity index is 2.46. The van der Waals surface area contributed by atoms with Gasteiger partial charge in [-0.2, -0.15) is 0 Å². The van der Waals surface area contributed by atoms with Gasteiger partial charge in [-0.05, 0) is 19.9 Å². The molecule has 14 heavy (non-hydrogen) atoms. The molecule has 0 unspecified atom stereocenters. The van der Waals surface area contributed by atoms with Gasteiger partial charge < -0.3 is 16.0 Å². The lowest BCUT2D eigenvalue weighted by Crippen LogP contribution is -2.53. The Bertz CT molecular complexity index is 200. The van der Waals surface area contributed by atoms with Crippen molar-refractivity contribution in [1.82, 2.24) is 10.2 Å². The van der Waals surface area contributed by atoms with Crippen LogP contribution in [0.4, 0.5) is 0 Å². The molecule has 0 saturated heterocycles. The van der Waals surface area contributed by atoms with Crippen LogP contribution in [0, 0.1) is 0 Å². The molecule has 1 fully saturated rings. The van der Waals surface area contributed by atoms with Gasteiger partial charge in [-0.25, -0.2) is 0 Å². The summed E-state index contributed by atoms with van der Waals surface area (Å²) in [6.45, 7) is 1.55. The lowest BCUT2D eigenvalue weighted by molar-refractivity contribution is -0.135. The number of amides is 1. The second-order valence-electron chi connectivity index (χ2n) is 4.19. The van der Waals surface area contributed by atoms with E-state index in [1.54, 1.807) is 4.90 Å². The summed E-state index contributed by atoms with van der Waals surface area (Å²) in [5, 5.41) is 3.02. The fourth-order valence-corrected chi connectivity index (χ4v) is 1.98. The van der Waals surface area contributed by atoms with Gasteiger partial charge in [0, 0.05) is 20.1 Å². The molecule has 1 amide bonds. The molecule has 4 nitrogen and oxygen atoms in total. The van der Waals surface area contributed by atoms with Crippen LogP contribution in [-0.2, 0) is 4.79 Å². The highest BCUT2D eigenvalue weighted by Crippen LogP contribution is 2.28. The second kappa shape index (κ2) is 4.75. The molecule has 3 N–H and O–H groups in total. The van der Waals surface area contributed by atoms with Crippen molar-refractivity contribution in [1.29, 1.82) is 0 Å². The normalized spacial score (nSPS) is 19.6. The van der Waals surface area contributed by atoms with Crippen LogP contribution in [0.1, 0.15) is 25.7 Å². The highest BCUT2D eigenvalue weighted by atomic mass is 16.2. The minimum absolute atomic E-state index is 0.102. The lowest BCUT2D eigenvalue weighted by atomic mass is 9.97. The van der Waals surface area contributed by atoms with E-state index in [1.807, 2.05) is 14.1 Å². The maximum absolute atomic E-state index is 11.9. The van der Waals surface area contributed by atoms with Gasteiger partial charge in [0.1, 0.15) is 0 Å². The molecule has 0 aromatic heterocycles. The Morgan fingerprint density at radius 1 is 1.50 bits per heavy atom. The van der Waals surface area contributed by atoms with Crippen molar-refractivity contribution in [2.24, 2.45) is 5.73 Å². The molecule has 0 aromatic carbocycles. The molecule has 4 heteroatoms. The van der Waals surface area contributed by atoms with Gasteiger partial charge in [0.2, 0.25) is 5.91 Å². The summed E-state index contributed by atoms with van der Waals surface area (Å²) in [6.07, 6.45) is 3.86. The summed E-state index contributed by atoms with van der Waals surface area (Å²) in [6, 6.07) is 0. The molecule has 1 aliphatic carbocycles. The zero-order valence-electron chi connectivity index (χ0n) is 9.18. The van der Waals surface area contributed by atoms with Crippen LogP contribution in [-0.4, -0.2) is 43.5 Å². The highest BCUT2D eigenvalue weighted by Gasteiger charge is 2.38.